The molecule has 2 heteroatoms. The van der Waals surface area contributed by atoms with Crippen LogP contribution in [0.5, 0.6) is 5.75 Å². The second-order valence-electron chi connectivity index (χ2n) is 6.92. The minimum atomic E-state index is -0.431. The molecule has 0 bridgehead atoms. The molecule has 2 atom stereocenters. The fourth-order valence-electron chi connectivity index (χ4n) is 3.64. The van der Waals surface area contributed by atoms with Crippen LogP contribution in [0, 0.1) is 25.2 Å². The third-order valence-corrected chi connectivity index (χ3v) is 5.20. The van der Waals surface area contributed by atoms with Crippen molar-refractivity contribution in [3.63, 3.8) is 0 Å². The van der Waals surface area contributed by atoms with Gasteiger partial charge in [0.2, 0.25) is 0 Å². The summed E-state index contributed by atoms with van der Waals surface area (Å²) >= 11 is 0. The first kappa shape index (κ1) is 15.4. The Morgan fingerprint density at radius 1 is 1.25 bits per heavy atom. The van der Waals surface area contributed by atoms with Gasteiger partial charge in [-0.05, 0) is 49.1 Å². The van der Waals surface area contributed by atoms with E-state index in [9.17, 15) is 5.11 Å². The Kier molecular flexibility index (Phi) is 4.43. The SMILES string of the molecule is COc1c(C(O)C2CCCCC2(C)C)ccc(C)c1C. The number of aliphatic hydroxyl groups excluding tert-OH is 1. The lowest BCUT2D eigenvalue weighted by molar-refractivity contribution is 0.00263. The fourth-order valence-corrected chi connectivity index (χ4v) is 3.64. The molecule has 2 unspecified atom stereocenters. The second kappa shape index (κ2) is 5.77. The van der Waals surface area contributed by atoms with Crippen LogP contribution in [-0.2, 0) is 0 Å². The van der Waals surface area contributed by atoms with Gasteiger partial charge in [-0.25, -0.2) is 0 Å². The van der Waals surface area contributed by atoms with Gasteiger partial charge in [-0.15, -0.1) is 0 Å². The predicted molar refractivity (Wildman–Crippen MR) is 83.2 cm³/mol. The van der Waals surface area contributed by atoms with Gasteiger partial charge in [-0.2, -0.15) is 0 Å². The van der Waals surface area contributed by atoms with Crippen LogP contribution in [0.15, 0.2) is 12.1 Å². The topological polar surface area (TPSA) is 29.5 Å². The highest BCUT2D eigenvalue weighted by atomic mass is 16.5. The van der Waals surface area contributed by atoms with Gasteiger partial charge in [0.25, 0.3) is 0 Å². The Hall–Kier alpha value is -1.02. The average Bonchev–Trinajstić information content (AvgIpc) is 2.40. The Morgan fingerprint density at radius 3 is 2.55 bits per heavy atom. The molecule has 1 fully saturated rings. The number of methoxy groups -OCH3 is 1. The Morgan fingerprint density at radius 2 is 1.95 bits per heavy atom. The summed E-state index contributed by atoms with van der Waals surface area (Å²) in [5.41, 5.74) is 3.50. The van der Waals surface area contributed by atoms with E-state index < -0.39 is 6.10 Å². The lowest BCUT2D eigenvalue weighted by Gasteiger charge is -2.41. The molecule has 1 aliphatic rings. The van der Waals surface area contributed by atoms with Crippen molar-refractivity contribution in [1.82, 2.24) is 0 Å². The van der Waals surface area contributed by atoms with E-state index in [-0.39, 0.29) is 5.41 Å². The Labute approximate surface area is 123 Å². The van der Waals surface area contributed by atoms with Crippen LogP contribution in [0.1, 0.15) is 62.3 Å². The molecular weight excluding hydrogens is 248 g/mol. The molecule has 1 saturated carbocycles. The molecule has 20 heavy (non-hydrogen) atoms. The van der Waals surface area contributed by atoms with Crippen LogP contribution in [0.25, 0.3) is 0 Å². The minimum Gasteiger partial charge on any atom is -0.496 e. The molecule has 1 aliphatic carbocycles. The third kappa shape index (κ3) is 2.71. The molecule has 0 radical (unpaired) electrons. The summed E-state index contributed by atoms with van der Waals surface area (Å²) in [5, 5.41) is 10.9. The van der Waals surface area contributed by atoms with Gasteiger partial charge >= 0.3 is 0 Å². The molecule has 0 spiro atoms. The van der Waals surface area contributed by atoms with E-state index in [0.29, 0.717) is 5.92 Å². The van der Waals surface area contributed by atoms with E-state index in [4.69, 9.17) is 4.74 Å². The van der Waals surface area contributed by atoms with Crippen molar-refractivity contribution in [3.05, 3.63) is 28.8 Å². The van der Waals surface area contributed by atoms with Crippen LogP contribution in [0.4, 0.5) is 0 Å². The zero-order chi connectivity index (χ0) is 14.9. The maximum atomic E-state index is 10.9. The molecule has 0 aliphatic heterocycles. The first-order valence-corrected chi connectivity index (χ1v) is 7.70. The monoisotopic (exact) mass is 276 g/mol. The largest absolute Gasteiger partial charge is 0.496 e. The molecule has 1 aromatic carbocycles. The highest BCUT2D eigenvalue weighted by molar-refractivity contribution is 5.46. The van der Waals surface area contributed by atoms with Gasteiger partial charge in [0, 0.05) is 5.56 Å². The van der Waals surface area contributed by atoms with Gasteiger partial charge < -0.3 is 9.84 Å². The van der Waals surface area contributed by atoms with E-state index in [1.54, 1.807) is 7.11 Å². The maximum absolute atomic E-state index is 10.9. The molecule has 112 valence electrons. The molecule has 0 aromatic heterocycles. The van der Waals surface area contributed by atoms with Crippen LogP contribution in [0.3, 0.4) is 0 Å². The Balaban J connectivity index is 2.38. The molecular formula is C18H28O2. The number of aryl methyl sites for hydroxylation is 1. The Bertz CT molecular complexity index is 477. The normalized spacial score (nSPS) is 23.4. The number of aliphatic hydroxyl groups is 1. The van der Waals surface area contributed by atoms with Crippen molar-refractivity contribution in [2.75, 3.05) is 7.11 Å². The van der Waals surface area contributed by atoms with Gasteiger partial charge in [-0.1, -0.05) is 38.8 Å². The van der Waals surface area contributed by atoms with E-state index in [2.05, 4.69) is 33.8 Å². The van der Waals surface area contributed by atoms with Crippen molar-refractivity contribution < 1.29 is 9.84 Å². The zero-order valence-corrected chi connectivity index (χ0v) is 13.5. The molecule has 2 rings (SSSR count). The molecule has 0 amide bonds. The molecule has 1 N–H and O–H groups in total. The van der Waals surface area contributed by atoms with E-state index >= 15 is 0 Å². The molecule has 0 heterocycles. The second-order valence-corrected chi connectivity index (χ2v) is 6.92. The number of hydrogen-bond donors (Lipinski definition) is 1. The maximum Gasteiger partial charge on any atom is 0.127 e. The number of rotatable bonds is 3. The molecule has 0 saturated heterocycles. The molecule has 2 nitrogen and oxygen atoms in total. The predicted octanol–water partition coefficient (Wildman–Crippen LogP) is 4.56. The quantitative estimate of drug-likeness (QED) is 0.876. The standard InChI is InChI=1S/C18H28O2/c1-12-9-10-14(17(20-5)13(12)2)16(19)15-8-6-7-11-18(15,3)4/h9-10,15-16,19H,6-8,11H2,1-5H3. The van der Waals surface area contributed by atoms with Crippen molar-refractivity contribution in [3.8, 4) is 5.75 Å². The summed E-state index contributed by atoms with van der Waals surface area (Å²) in [5.74, 6) is 1.17. The summed E-state index contributed by atoms with van der Waals surface area (Å²) < 4.78 is 5.58. The van der Waals surface area contributed by atoms with Crippen LogP contribution in [-0.4, -0.2) is 12.2 Å². The lowest BCUT2D eigenvalue weighted by Crippen LogP contribution is -2.32. The van der Waals surface area contributed by atoms with E-state index in [0.717, 1.165) is 23.3 Å². The summed E-state index contributed by atoms with van der Waals surface area (Å²) in [6.45, 7) is 8.72. The van der Waals surface area contributed by atoms with Gasteiger partial charge in [0.1, 0.15) is 5.75 Å². The van der Waals surface area contributed by atoms with Gasteiger partial charge in [0.15, 0.2) is 0 Å². The summed E-state index contributed by atoms with van der Waals surface area (Å²) in [7, 11) is 1.70. The fraction of sp³-hybridized carbons (Fsp3) is 0.667. The number of hydrogen-bond acceptors (Lipinski definition) is 2. The van der Waals surface area contributed by atoms with Crippen LogP contribution in [0.2, 0.25) is 0 Å². The number of benzene rings is 1. The highest BCUT2D eigenvalue weighted by Crippen LogP contribution is 2.48. The summed E-state index contributed by atoms with van der Waals surface area (Å²) in [6, 6.07) is 4.13. The first-order chi connectivity index (χ1) is 9.38. The average molecular weight is 276 g/mol. The zero-order valence-electron chi connectivity index (χ0n) is 13.5. The minimum absolute atomic E-state index is 0.196. The summed E-state index contributed by atoms with van der Waals surface area (Å²) in [6.07, 6.45) is 4.37. The van der Waals surface area contributed by atoms with Crippen molar-refractivity contribution in [1.29, 1.82) is 0 Å². The first-order valence-electron chi connectivity index (χ1n) is 7.70. The van der Waals surface area contributed by atoms with E-state index in [1.807, 2.05) is 6.07 Å². The lowest BCUT2D eigenvalue weighted by atomic mass is 9.65. The molecule has 1 aromatic rings. The van der Waals surface area contributed by atoms with Crippen molar-refractivity contribution in [2.45, 2.75) is 59.5 Å². The van der Waals surface area contributed by atoms with Crippen LogP contribution >= 0.6 is 0 Å². The van der Waals surface area contributed by atoms with Crippen molar-refractivity contribution >= 4 is 0 Å². The number of ether oxygens (including phenoxy) is 1. The van der Waals surface area contributed by atoms with E-state index in [1.165, 1.54) is 24.8 Å². The summed E-state index contributed by atoms with van der Waals surface area (Å²) in [4.78, 5) is 0. The third-order valence-electron chi connectivity index (χ3n) is 5.20. The van der Waals surface area contributed by atoms with Gasteiger partial charge in [0.05, 0.1) is 13.2 Å². The van der Waals surface area contributed by atoms with Crippen molar-refractivity contribution in [2.24, 2.45) is 11.3 Å². The van der Waals surface area contributed by atoms with Gasteiger partial charge in [-0.3, -0.25) is 0 Å². The smallest absolute Gasteiger partial charge is 0.127 e. The van der Waals surface area contributed by atoms with Crippen LogP contribution < -0.4 is 4.74 Å². The highest BCUT2D eigenvalue weighted by Gasteiger charge is 2.38.